The van der Waals surface area contributed by atoms with Crippen molar-refractivity contribution in [3.05, 3.63) is 54.1 Å². The molecular weight excluding hydrogens is 308 g/mol. The van der Waals surface area contributed by atoms with Gasteiger partial charge in [-0.05, 0) is 38.1 Å². The third-order valence-corrected chi connectivity index (χ3v) is 3.14. The molecule has 0 aliphatic heterocycles. The Morgan fingerprint density at radius 3 is 2.38 bits per heavy atom. The smallest absolute Gasteiger partial charge is 0.321 e. The summed E-state index contributed by atoms with van der Waals surface area (Å²) >= 11 is 0. The second-order valence-corrected chi connectivity index (χ2v) is 4.94. The van der Waals surface area contributed by atoms with Crippen LogP contribution >= 0.6 is 0 Å². The van der Waals surface area contributed by atoms with Crippen LogP contribution in [-0.2, 0) is 0 Å². The fraction of sp³-hybridized carbons (Fsp3) is 0.222. The van der Waals surface area contributed by atoms with E-state index < -0.39 is 6.03 Å². The molecule has 0 saturated heterocycles. The number of benzene rings is 2. The summed E-state index contributed by atoms with van der Waals surface area (Å²) in [5, 5.41) is 5.23. The van der Waals surface area contributed by atoms with Crippen molar-refractivity contribution in [2.45, 2.75) is 13.8 Å². The zero-order valence-corrected chi connectivity index (χ0v) is 13.7. The molecular formula is C18H20N2O4. The minimum Gasteiger partial charge on any atom is -0.490 e. The summed E-state index contributed by atoms with van der Waals surface area (Å²) in [6.45, 7) is 3.88. The molecule has 0 atom stereocenters. The molecule has 6 heteroatoms. The molecule has 0 aromatic heterocycles. The summed E-state index contributed by atoms with van der Waals surface area (Å²) in [5.41, 5.74) is 1.07. The molecule has 6 nitrogen and oxygen atoms in total. The van der Waals surface area contributed by atoms with E-state index in [1.807, 2.05) is 19.1 Å². The Hall–Kier alpha value is -3.02. The van der Waals surface area contributed by atoms with Crippen LogP contribution in [0.15, 0.2) is 48.5 Å². The quantitative estimate of drug-likeness (QED) is 0.603. The van der Waals surface area contributed by atoms with E-state index in [4.69, 9.17) is 9.47 Å². The lowest BCUT2D eigenvalue weighted by Crippen LogP contribution is -2.32. The number of rotatable bonds is 7. The van der Waals surface area contributed by atoms with Crippen molar-refractivity contribution in [2.75, 3.05) is 18.7 Å². The monoisotopic (exact) mass is 328 g/mol. The van der Waals surface area contributed by atoms with Crippen LogP contribution < -0.4 is 20.1 Å². The Kier molecular flexibility index (Phi) is 6.19. The van der Waals surface area contributed by atoms with Crippen molar-refractivity contribution in [1.29, 1.82) is 0 Å². The number of amides is 2. The molecule has 0 aliphatic rings. The predicted octanol–water partition coefficient (Wildman–Crippen LogP) is 3.45. The number of para-hydroxylation sites is 2. The highest BCUT2D eigenvalue weighted by atomic mass is 16.5. The zero-order valence-electron chi connectivity index (χ0n) is 13.7. The van der Waals surface area contributed by atoms with Crippen LogP contribution in [0.3, 0.4) is 0 Å². The van der Waals surface area contributed by atoms with Gasteiger partial charge < -0.3 is 20.1 Å². The number of ether oxygens (including phenoxy) is 2. The molecule has 0 aliphatic carbocycles. The molecule has 0 fully saturated rings. The maximum absolute atomic E-state index is 11.9. The van der Waals surface area contributed by atoms with E-state index in [9.17, 15) is 9.59 Å². The highest BCUT2D eigenvalue weighted by molar-refractivity contribution is 5.96. The van der Waals surface area contributed by atoms with Crippen molar-refractivity contribution in [3.8, 4) is 11.5 Å². The van der Waals surface area contributed by atoms with Crippen LogP contribution in [0, 0.1) is 0 Å². The third-order valence-electron chi connectivity index (χ3n) is 3.14. The van der Waals surface area contributed by atoms with E-state index in [1.165, 1.54) is 6.92 Å². The number of urea groups is 1. The first kappa shape index (κ1) is 17.3. The summed E-state index contributed by atoms with van der Waals surface area (Å²) in [6.07, 6.45) is 0. The SMILES string of the molecule is CCOc1ccccc1OCNC(=O)Nc1cccc(C(C)=O)c1. The van der Waals surface area contributed by atoms with Gasteiger partial charge in [0.05, 0.1) is 6.61 Å². The number of nitrogens with one attached hydrogen (secondary N) is 2. The third kappa shape index (κ3) is 5.01. The summed E-state index contributed by atoms with van der Waals surface area (Å²) in [4.78, 5) is 23.2. The molecule has 2 aromatic rings. The minimum atomic E-state index is -0.426. The average molecular weight is 328 g/mol. The van der Waals surface area contributed by atoms with E-state index >= 15 is 0 Å². The lowest BCUT2D eigenvalue weighted by atomic mass is 10.1. The molecule has 24 heavy (non-hydrogen) atoms. The molecule has 2 amide bonds. The second-order valence-electron chi connectivity index (χ2n) is 4.94. The standard InChI is InChI=1S/C18H20N2O4/c1-3-23-16-9-4-5-10-17(16)24-12-19-18(22)20-15-8-6-7-14(11-15)13(2)21/h4-11H,3,12H2,1-2H3,(H2,19,20,22). The van der Waals surface area contributed by atoms with Gasteiger partial charge in [0.2, 0.25) is 0 Å². The lowest BCUT2D eigenvalue weighted by molar-refractivity contribution is 0.101. The van der Waals surface area contributed by atoms with E-state index in [2.05, 4.69) is 10.6 Å². The number of carbonyl (C=O) groups excluding carboxylic acids is 2. The van der Waals surface area contributed by atoms with Gasteiger partial charge in [-0.2, -0.15) is 0 Å². The van der Waals surface area contributed by atoms with Crippen molar-refractivity contribution < 1.29 is 19.1 Å². The first-order valence-electron chi connectivity index (χ1n) is 7.60. The minimum absolute atomic E-state index is 0.0116. The number of Topliss-reactive ketones (excluding diaryl/α,β-unsaturated/α-hetero) is 1. The molecule has 0 radical (unpaired) electrons. The van der Waals surface area contributed by atoms with E-state index in [0.717, 1.165) is 0 Å². The zero-order chi connectivity index (χ0) is 17.4. The first-order chi connectivity index (χ1) is 11.6. The number of hydrogen-bond donors (Lipinski definition) is 2. The molecule has 0 bridgehead atoms. The van der Waals surface area contributed by atoms with Crippen LogP contribution in [0.2, 0.25) is 0 Å². The maximum Gasteiger partial charge on any atom is 0.321 e. The van der Waals surface area contributed by atoms with Gasteiger partial charge in [0.1, 0.15) is 0 Å². The van der Waals surface area contributed by atoms with Crippen molar-refractivity contribution >= 4 is 17.5 Å². The van der Waals surface area contributed by atoms with E-state index in [1.54, 1.807) is 36.4 Å². The normalized spacial score (nSPS) is 9.92. The van der Waals surface area contributed by atoms with E-state index in [0.29, 0.717) is 29.4 Å². The van der Waals surface area contributed by atoms with Gasteiger partial charge in [-0.3, -0.25) is 4.79 Å². The Balaban J connectivity index is 1.86. The number of hydrogen-bond acceptors (Lipinski definition) is 4. The Bertz CT molecular complexity index is 716. The summed E-state index contributed by atoms with van der Waals surface area (Å²) in [5.74, 6) is 1.12. The first-order valence-corrected chi connectivity index (χ1v) is 7.60. The molecule has 0 heterocycles. The molecule has 0 saturated carbocycles. The van der Waals surface area contributed by atoms with Gasteiger partial charge in [0, 0.05) is 11.3 Å². The molecule has 0 unspecified atom stereocenters. The van der Waals surface area contributed by atoms with Crippen molar-refractivity contribution in [2.24, 2.45) is 0 Å². The molecule has 2 rings (SSSR count). The highest BCUT2D eigenvalue weighted by Crippen LogP contribution is 2.25. The van der Waals surface area contributed by atoms with Crippen LogP contribution in [0.4, 0.5) is 10.5 Å². The van der Waals surface area contributed by atoms with Crippen LogP contribution in [0.5, 0.6) is 11.5 Å². The van der Waals surface area contributed by atoms with Gasteiger partial charge in [-0.15, -0.1) is 0 Å². The van der Waals surface area contributed by atoms with Crippen molar-refractivity contribution in [3.63, 3.8) is 0 Å². The average Bonchev–Trinajstić information content (AvgIpc) is 2.57. The van der Waals surface area contributed by atoms with Gasteiger partial charge in [-0.25, -0.2) is 4.79 Å². The number of carbonyl (C=O) groups is 2. The van der Waals surface area contributed by atoms with Crippen molar-refractivity contribution in [1.82, 2.24) is 5.32 Å². The summed E-state index contributed by atoms with van der Waals surface area (Å²) in [7, 11) is 0. The Labute approximate surface area is 140 Å². The van der Waals surface area contributed by atoms with Crippen LogP contribution in [0.1, 0.15) is 24.2 Å². The Morgan fingerprint density at radius 1 is 1.00 bits per heavy atom. The number of ketones is 1. The summed E-state index contributed by atoms with van der Waals surface area (Å²) < 4.78 is 10.9. The van der Waals surface area contributed by atoms with Gasteiger partial charge in [0.15, 0.2) is 24.0 Å². The van der Waals surface area contributed by atoms with Crippen LogP contribution in [0.25, 0.3) is 0 Å². The Morgan fingerprint density at radius 2 is 1.71 bits per heavy atom. The maximum atomic E-state index is 11.9. The molecule has 126 valence electrons. The molecule has 0 spiro atoms. The summed E-state index contributed by atoms with van der Waals surface area (Å²) in [6, 6.07) is 13.5. The van der Waals surface area contributed by atoms with Gasteiger partial charge in [-0.1, -0.05) is 24.3 Å². The fourth-order valence-corrected chi connectivity index (χ4v) is 2.01. The van der Waals surface area contributed by atoms with E-state index in [-0.39, 0.29) is 12.5 Å². The molecule has 2 aromatic carbocycles. The topological polar surface area (TPSA) is 76.7 Å². The van der Waals surface area contributed by atoms with Gasteiger partial charge in [0.25, 0.3) is 0 Å². The van der Waals surface area contributed by atoms with Crippen LogP contribution in [-0.4, -0.2) is 25.2 Å². The fourth-order valence-electron chi connectivity index (χ4n) is 2.01. The highest BCUT2D eigenvalue weighted by Gasteiger charge is 2.06. The number of anilines is 1. The molecule has 2 N–H and O–H groups in total. The second kappa shape index (κ2) is 8.57. The predicted molar refractivity (Wildman–Crippen MR) is 91.7 cm³/mol. The lowest BCUT2D eigenvalue weighted by Gasteiger charge is -2.12. The largest absolute Gasteiger partial charge is 0.490 e. The van der Waals surface area contributed by atoms with Gasteiger partial charge >= 0.3 is 6.03 Å².